The van der Waals surface area contributed by atoms with Crippen LogP contribution in [0.2, 0.25) is 0 Å². The zero-order valence-electron chi connectivity index (χ0n) is 15.3. The summed E-state index contributed by atoms with van der Waals surface area (Å²) < 4.78 is 5.92. The van der Waals surface area contributed by atoms with Crippen molar-refractivity contribution >= 4 is 5.91 Å². The quantitative estimate of drug-likeness (QED) is 0.707. The van der Waals surface area contributed by atoms with Crippen molar-refractivity contribution in [2.75, 3.05) is 6.54 Å². The zero-order valence-corrected chi connectivity index (χ0v) is 15.3. The summed E-state index contributed by atoms with van der Waals surface area (Å²) in [6, 6.07) is 13.5. The first kappa shape index (κ1) is 17.4. The van der Waals surface area contributed by atoms with Gasteiger partial charge in [0.15, 0.2) is 0 Å². The Labute approximate surface area is 158 Å². The van der Waals surface area contributed by atoms with Crippen LogP contribution in [0.5, 0.6) is 0 Å². The van der Waals surface area contributed by atoms with Crippen LogP contribution in [-0.2, 0) is 11.2 Å². The van der Waals surface area contributed by atoms with Gasteiger partial charge in [-0.25, -0.2) is 0 Å². The number of benzene rings is 1. The summed E-state index contributed by atoms with van der Waals surface area (Å²) >= 11 is 0. The van der Waals surface area contributed by atoms with Gasteiger partial charge in [-0.15, -0.1) is 10.2 Å². The number of hydrogen-bond acceptors (Lipinski definition) is 5. The molecule has 4 rings (SSSR count). The van der Waals surface area contributed by atoms with E-state index >= 15 is 0 Å². The predicted molar refractivity (Wildman–Crippen MR) is 101 cm³/mol. The topological polar surface area (TPSA) is 72.1 Å². The molecule has 6 nitrogen and oxygen atoms in total. The van der Waals surface area contributed by atoms with Gasteiger partial charge < -0.3 is 9.32 Å². The van der Waals surface area contributed by atoms with Crippen LogP contribution in [0.4, 0.5) is 0 Å². The van der Waals surface area contributed by atoms with Gasteiger partial charge in [0.2, 0.25) is 17.7 Å². The third-order valence-corrected chi connectivity index (χ3v) is 4.91. The van der Waals surface area contributed by atoms with Crippen molar-refractivity contribution in [2.24, 2.45) is 0 Å². The van der Waals surface area contributed by atoms with E-state index in [0.717, 1.165) is 42.6 Å². The van der Waals surface area contributed by atoms with Crippen LogP contribution >= 0.6 is 0 Å². The highest BCUT2D eigenvalue weighted by Gasteiger charge is 2.32. The van der Waals surface area contributed by atoms with Crippen molar-refractivity contribution < 1.29 is 9.21 Å². The fourth-order valence-corrected chi connectivity index (χ4v) is 3.44. The molecule has 1 fully saturated rings. The van der Waals surface area contributed by atoms with Crippen molar-refractivity contribution in [2.45, 2.75) is 38.6 Å². The average molecular weight is 362 g/mol. The number of amides is 1. The number of piperidine rings is 1. The van der Waals surface area contributed by atoms with Crippen LogP contribution < -0.4 is 0 Å². The van der Waals surface area contributed by atoms with E-state index in [0.29, 0.717) is 18.2 Å². The molecule has 0 bridgehead atoms. The van der Waals surface area contributed by atoms with E-state index in [1.807, 2.05) is 54.3 Å². The predicted octanol–water partition coefficient (Wildman–Crippen LogP) is 3.74. The Morgan fingerprint density at radius 3 is 2.78 bits per heavy atom. The van der Waals surface area contributed by atoms with Crippen molar-refractivity contribution in [3.63, 3.8) is 0 Å². The minimum absolute atomic E-state index is 0.0997. The second kappa shape index (κ2) is 7.70. The van der Waals surface area contributed by atoms with Crippen molar-refractivity contribution in [3.8, 4) is 11.5 Å². The highest BCUT2D eigenvalue weighted by Crippen LogP contribution is 2.32. The van der Waals surface area contributed by atoms with Gasteiger partial charge in [0.1, 0.15) is 6.04 Å². The van der Waals surface area contributed by atoms with Crippen LogP contribution in [0.1, 0.15) is 42.5 Å². The molecule has 0 aliphatic carbocycles. The number of aryl methyl sites for hydroxylation is 1. The number of carbonyl (C=O) groups excluding carboxylic acids is 1. The first-order valence-corrected chi connectivity index (χ1v) is 9.30. The molecule has 1 aliphatic rings. The molecule has 138 valence electrons. The van der Waals surface area contributed by atoms with E-state index in [-0.39, 0.29) is 11.9 Å². The lowest BCUT2D eigenvalue weighted by molar-refractivity contribution is -0.134. The summed E-state index contributed by atoms with van der Waals surface area (Å²) in [6.07, 6.45) is 5.00. The van der Waals surface area contributed by atoms with Crippen molar-refractivity contribution in [3.05, 3.63) is 65.8 Å². The second-order valence-electron chi connectivity index (χ2n) is 6.89. The molecule has 1 aromatic carbocycles. The highest BCUT2D eigenvalue weighted by atomic mass is 16.4. The molecule has 6 heteroatoms. The fraction of sp³-hybridized carbons (Fsp3) is 0.333. The summed E-state index contributed by atoms with van der Waals surface area (Å²) in [5, 5.41) is 8.41. The number of pyridine rings is 1. The molecule has 0 spiro atoms. The minimum atomic E-state index is -0.158. The maximum absolute atomic E-state index is 12.9. The number of rotatable bonds is 4. The number of aromatic nitrogens is 3. The van der Waals surface area contributed by atoms with Crippen molar-refractivity contribution in [1.82, 2.24) is 20.1 Å². The van der Waals surface area contributed by atoms with Gasteiger partial charge >= 0.3 is 0 Å². The Hall–Kier alpha value is -3.02. The number of carbonyl (C=O) groups is 1. The van der Waals surface area contributed by atoms with Crippen LogP contribution in [0, 0.1) is 6.92 Å². The first-order chi connectivity index (χ1) is 13.2. The fourth-order valence-electron chi connectivity index (χ4n) is 3.44. The van der Waals surface area contributed by atoms with Gasteiger partial charge in [-0.05, 0) is 43.9 Å². The number of nitrogens with zero attached hydrogens (tertiary/aromatic N) is 4. The summed E-state index contributed by atoms with van der Waals surface area (Å²) in [6.45, 7) is 2.65. The van der Waals surface area contributed by atoms with Crippen LogP contribution in [-0.4, -0.2) is 32.5 Å². The molecular formula is C21H22N4O2. The molecule has 1 saturated heterocycles. The smallest absolute Gasteiger partial charge is 0.249 e. The third kappa shape index (κ3) is 3.89. The molecule has 0 unspecified atom stereocenters. The van der Waals surface area contributed by atoms with E-state index < -0.39 is 0 Å². The van der Waals surface area contributed by atoms with Crippen molar-refractivity contribution in [1.29, 1.82) is 0 Å². The molecule has 3 heterocycles. The molecule has 1 atom stereocenters. The van der Waals surface area contributed by atoms with E-state index in [4.69, 9.17) is 4.42 Å². The molecule has 0 saturated carbocycles. The number of hydrogen-bond donors (Lipinski definition) is 0. The minimum Gasteiger partial charge on any atom is -0.418 e. The van der Waals surface area contributed by atoms with Gasteiger partial charge in [-0.3, -0.25) is 9.78 Å². The SMILES string of the molecule is Cc1ccc(-c2nnc([C@H]3CCCCN3C(=O)Cc3ccccc3)o2)cn1. The van der Waals surface area contributed by atoms with Gasteiger partial charge in [-0.1, -0.05) is 30.3 Å². The van der Waals surface area contributed by atoms with E-state index in [1.54, 1.807) is 6.20 Å². The average Bonchev–Trinajstić information content (AvgIpc) is 3.19. The lowest BCUT2D eigenvalue weighted by Gasteiger charge is -2.33. The summed E-state index contributed by atoms with van der Waals surface area (Å²) in [5.74, 6) is 1.05. The molecule has 27 heavy (non-hydrogen) atoms. The lowest BCUT2D eigenvalue weighted by atomic mass is 10.0. The lowest BCUT2D eigenvalue weighted by Crippen LogP contribution is -2.39. The highest BCUT2D eigenvalue weighted by molar-refractivity contribution is 5.79. The molecule has 0 radical (unpaired) electrons. The van der Waals surface area contributed by atoms with Crippen LogP contribution in [0.25, 0.3) is 11.5 Å². The van der Waals surface area contributed by atoms with E-state index in [1.165, 1.54) is 0 Å². The largest absolute Gasteiger partial charge is 0.418 e. The first-order valence-electron chi connectivity index (χ1n) is 9.30. The summed E-state index contributed by atoms with van der Waals surface area (Å²) in [4.78, 5) is 19.1. The number of likely N-dealkylation sites (tertiary alicyclic amines) is 1. The monoisotopic (exact) mass is 362 g/mol. The Kier molecular flexibility index (Phi) is 4.96. The Bertz CT molecular complexity index is 905. The zero-order chi connectivity index (χ0) is 18.6. The Morgan fingerprint density at radius 2 is 2.00 bits per heavy atom. The summed E-state index contributed by atoms with van der Waals surface area (Å²) in [5.41, 5.74) is 2.74. The molecule has 0 N–H and O–H groups in total. The maximum Gasteiger partial charge on any atom is 0.249 e. The van der Waals surface area contributed by atoms with Crippen LogP contribution in [0.3, 0.4) is 0 Å². The van der Waals surface area contributed by atoms with Gasteiger partial charge in [0, 0.05) is 18.4 Å². The molecule has 2 aromatic heterocycles. The molecule has 3 aromatic rings. The van der Waals surface area contributed by atoms with E-state index in [2.05, 4.69) is 15.2 Å². The standard InChI is InChI=1S/C21H22N4O2/c1-15-10-11-17(14-22-15)20-23-24-21(27-20)18-9-5-6-12-25(18)19(26)13-16-7-3-2-4-8-16/h2-4,7-8,10-11,14,18H,5-6,9,12-13H2,1H3/t18-/m1/s1. The Morgan fingerprint density at radius 1 is 1.15 bits per heavy atom. The Balaban J connectivity index is 1.54. The molecule has 1 amide bonds. The maximum atomic E-state index is 12.9. The van der Waals surface area contributed by atoms with Gasteiger partial charge in [-0.2, -0.15) is 0 Å². The van der Waals surface area contributed by atoms with Gasteiger partial charge in [0.25, 0.3) is 0 Å². The molecular weight excluding hydrogens is 340 g/mol. The second-order valence-corrected chi connectivity index (χ2v) is 6.89. The van der Waals surface area contributed by atoms with Gasteiger partial charge in [0.05, 0.1) is 12.0 Å². The van der Waals surface area contributed by atoms with E-state index in [9.17, 15) is 4.79 Å². The van der Waals surface area contributed by atoms with Crippen LogP contribution in [0.15, 0.2) is 53.1 Å². The normalized spacial score (nSPS) is 17.1. The molecule has 1 aliphatic heterocycles. The third-order valence-electron chi connectivity index (χ3n) is 4.91. The summed E-state index contributed by atoms with van der Waals surface area (Å²) in [7, 11) is 0.